The lowest BCUT2D eigenvalue weighted by Gasteiger charge is -2.15. The molecule has 0 spiro atoms. The third-order valence-corrected chi connectivity index (χ3v) is 3.25. The van der Waals surface area contributed by atoms with Crippen molar-refractivity contribution in [3.63, 3.8) is 0 Å². The lowest BCUT2D eigenvalue weighted by Crippen LogP contribution is -2.34. The van der Waals surface area contributed by atoms with Gasteiger partial charge in [0.1, 0.15) is 11.8 Å². The van der Waals surface area contributed by atoms with Gasteiger partial charge in [0, 0.05) is 12.0 Å². The zero-order chi connectivity index (χ0) is 15.2. The van der Waals surface area contributed by atoms with E-state index in [0.717, 1.165) is 11.1 Å². The Morgan fingerprint density at radius 3 is 2.57 bits per heavy atom. The van der Waals surface area contributed by atoms with Crippen LogP contribution in [0.3, 0.4) is 0 Å². The number of nitrogens with two attached hydrogens (primary N) is 1. The van der Waals surface area contributed by atoms with Crippen molar-refractivity contribution in [2.75, 3.05) is 6.61 Å². The lowest BCUT2D eigenvalue weighted by molar-refractivity contribution is -0.144. The highest BCUT2D eigenvalue weighted by Crippen LogP contribution is 2.30. The largest absolute Gasteiger partial charge is 0.508 e. The first-order valence-corrected chi connectivity index (χ1v) is 6.92. The number of rotatable bonds is 5. The van der Waals surface area contributed by atoms with Gasteiger partial charge in [0.25, 0.3) is 0 Å². The molecule has 2 aromatic carbocycles. The molecule has 0 aliphatic heterocycles. The van der Waals surface area contributed by atoms with E-state index >= 15 is 0 Å². The second-order valence-electron chi connectivity index (χ2n) is 4.73. The Labute approximate surface area is 124 Å². The second-order valence-corrected chi connectivity index (χ2v) is 4.73. The number of ether oxygens (including phenoxy) is 1. The van der Waals surface area contributed by atoms with Crippen LogP contribution in [-0.2, 0) is 16.0 Å². The fraction of sp³-hybridized carbons (Fsp3) is 0.235. The first-order chi connectivity index (χ1) is 10.1. The molecule has 0 aliphatic carbocycles. The molecule has 0 aromatic heterocycles. The highest BCUT2D eigenvalue weighted by Gasteiger charge is 2.19. The molecule has 2 rings (SSSR count). The monoisotopic (exact) mass is 285 g/mol. The molecule has 1 unspecified atom stereocenters. The summed E-state index contributed by atoms with van der Waals surface area (Å²) < 4.78 is 4.92. The molecule has 0 amide bonds. The molecule has 21 heavy (non-hydrogen) atoms. The van der Waals surface area contributed by atoms with Gasteiger partial charge in [-0.2, -0.15) is 0 Å². The highest BCUT2D eigenvalue weighted by molar-refractivity contribution is 5.77. The van der Waals surface area contributed by atoms with Crippen molar-refractivity contribution in [2.45, 2.75) is 19.4 Å². The van der Waals surface area contributed by atoms with Crippen LogP contribution in [0.4, 0.5) is 0 Å². The van der Waals surface area contributed by atoms with E-state index in [9.17, 15) is 9.90 Å². The summed E-state index contributed by atoms with van der Waals surface area (Å²) >= 11 is 0. The number of esters is 1. The highest BCUT2D eigenvalue weighted by atomic mass is 16.5. The SMILES string of the molecule is CCOC(=O)C(N)Cc1c(O)cccc1-c1ccccc1. The molecule has 3 N–H and O–H groups in total. The molecule has 0 heterocycles. The van der Waals surface area contributed by atoms with Crippen LogP contribution in [-0.4, -0.2) is 23.7 Å². The number of phenolic OH excluding ortho intramolecular Hbond substituents is 1. The van der Waals surface area contributed by atoms with Crippen LogP contribution < -0.4 is 5.73 Å². The van der Waals surface area contributed by atoms with Crippen molar-refractivity contribution in [1.82, 2.24) is 0 Å². The normalized spacial score (nSPS) is 11.9. The van der Waals surface area contributed by atoms with E-state index in [-0.39, 0.29) is 12.2 Å². The molecule has 0 aliphatic rings. The lowest BCUT2D eigenvalue weighted by atomic mass is 9.94. The summed E-state index contributed by atoms with van der Waals surface area (Å²) in [5.74, 6) is -0.323. The van der Waals surface area contributed by atoms with Gasteiger partial charge in [0.05, 0.1) is 6.61 Å². The zero-order valence-electron chi connectivity index (χ0n) is 12.0. The molecule has 1 atom stereocenters. The molecule has 0 radical (unpaired) electrons. The molecule has 0 saturated carbocycles. The Morgan fingerprint density at radius 2 is 1.90 bits per heavy atom. The van der Waals surface area contributed by atoms with Crippen LogP contribution in [0.5, 0.6) is 5.75 Å². The van der Waals surface area contributed by atoms with Crippen molar-refractivity contribution in [3.8, 4) is 16.9 Å². The van der Waals surface area contributed by atoms with E-state index in [0.29, 0.717) is 12.2 Å². The maximum atomic E-state index is 11.7. The van der Waals surface area contributed by atoms with Crippen molar-refractivity contribution >= 4 is 5.97 Å². The minimum Gasteiger partial charge on any atom is -0.508 e. The molecule has 0 fully saturated rings. The summed E-state index contributed by atoms with van der Waals surface area (Å²) in [7, 11) is 0. The Hall–Kier alpha value is -2.33. The average molecular weight is 285 g/mol. The summed E-state index contributed by atoms with van der Waals surface area (Å²) in [4.78, 5) is 11.7. The van der Waals surface area contributed by atoms with E-state index in [1.807, 2.05) is 36.4 Å². The van der Waals surface area contributed by atoms with E-state index in [1.54, 1.807) is 19.1 Å². The van der Waals surface area contributed by atoms with E-state index < -0.39 is 12.0 Å². The smallest absolute Gasteiger partial charge is 0.323 e. The van der Waals surface area contributed by atoms with Crippen LogP contribution in [0, 0.1) is 0 Å². The fourth-order valence-electron chi connectivity index (χ4n) is 2.23. The van der Waals surface area contributed by atoms with E-state index in [2.05, 4.69) is 0 Å². The summed E-state index contributed by atoms with van der Waals surface area (Å²) in [6.07, 6.45) is 0.232. The van der Waals surface area contributed by atoms with Gasteiger partial charge in [-0.15, -0.1) is 0 Å². The Balaban J connectivity index is 2.33. The number of carbonyl (C=O) groups is 1. The molecule has 0 saturated heterocycles. The van der Waals surface area contributed by atoms with Gasteiger partial charge in [-0.25, -0.2) is 0 Å². The number of phenols is 1. The molecular weight excluding hydrogens is 266 g/mol. The first kappa shape index (κ1) is 15.1. The van der Waals surface area contributed by atoms with Crippen LogP contribution >= 0.6 is 0 Å². The number of benzene rings is 2. The summed E-state index contributed by atoms with van der Waals surface area (Å²) in [6.45, 7) is 2.03. The summed E-state index contributed by atoms with van der Waals surface area (Å²) in [5.41, 5.74) is 8.36. The van der Waals surface area contributed by atoms with Crippen molar-refractivity contribution in [2.24, 2.45) is 5.73 Å². The third kappa shape index (κ3) is 3.61. The Morgan fingerprint density at radius 1 is 1.19 bits per heavy atom. The fourth-order valence-corrected chi connectivity index (χ4v) is 2.23. The number of carbonyl (C=O) groups excluding carboxylic acids is 1. The zero-order valence-corrected chi connectivity index (χ0v) is 12.0. The van der Waals surface area contributed by atoms with Gasteiger partial charge in [0.2, 0.25) is 0 Å². The predicted octanol–water partition coefficient (Wildman–Crippen LogP) is 2.49. The average Bonchev–Trinajstić information content (AvgIpc) is 2.50. The van der Waals surface area contributed by atoms with Crippen molar-refractivity contribution in [1.29, 1.82) is 0 Å². The molecular formula is C17H19NO3. The van der Waals surface area contributed by atoms with Gasteiger partial charge in [0.15, 0.2) is 0 Å². The minimum absolute atomic E-state index is 0.135. The minimum atomic E-state index is -0.791. The molecule has 2 aromatic rings. The van der Waals surface area contributed by atoms with Gasteiger partial charge in [-0.05, 0) is 24.1 Å². The van der Waals surface area contributed by atoms with Crippen molar-refractivity contribution in [3.05, 3.63) is 54.1 Å². The Kier molecular flexibility index (Phi) is 4.95. The topological polar surface area (TPSA) is 72.5 Å². The molecule has 0 bridgehead atoms. The molecule has 4 nitrogen and oxygen atoms in total. The van der Waals surface area contributed by atoms with Crippen LogP contribution in [0.25, 0.3) is 11.1 Å². The summed E-state index contributed by atoms with van der Waals surface area (Å²) in [5, 5.41) is 10.1. The molecule has 110 valence electrons. The van der Waals surface area contributed by atoms with Crippen LogP contribution in [0.1, 0.15) is 12.5 Å². The number of aromatic hydroxyl groups is 1. The second kappa shape index (κ2) is 6.90. The maximum Gasteiger partial charge on any atom is 0.323 e. The van der Waals surface area contributed by atoms with Crippen molar-refractivity contribution < 1.29 is 14.6 Å². The van der Waals surface area contributed by atoms with Gasteiger partial charge >= 0.3 is 5.97 Å². The van der Waals surface area contributed by atoms with Crippen LogP contribution in [0.2, 0.25) is 0 Å². The number of hydrogen-bond donors (Lipinski definition) is 2. The Bertz CT molecular complexity index is 611. The maximum absolute atomic E-state index is 11.7. The van der Waals surface area contributed by atoms with E-state index in [4.69, 9.17) is 10.5 Å². The van der Waals surface area contributed by atoms with E-state index in [1.165, 1.54) is 0 Å². The number of hydrogen-bond acceptors (Lipinski definition) is 4. The quantitative estimate of drug-likeness (QED) is 0.828. The van der Waals surface area contributed by atoms with Gasteiger partial charge < -0.3 is 15.6 Å². The first-order valence-electron chi connectivity index (χ1n) is 6.92. The van der Waals surface area contributed by atoms with Gasteiger partial charge in [-0.3, -0.25) is 4.79 Å². The standard InChI is InChI=1S/C17H19NO3/c1-2-21-17(20)15(18)11-14-13(9-6-10-16(14)19)12-7-4-3-5-8-12/h3-10,15,19H,2,11,18H2,1H3. The molecule has 4 heteroatoms. The van der Waals surface area contributed by atoms with Gasteiger partial charge in [-0.1, -0.05) is 42.5 Å². The third-order valence-electron chi connectivity index (χ3n) is 3.25. The predicted molar refractivity (Wildman–Crippen MR) is 81.9 cm³/mol. The summed E-state index contributed by atoms with van der Waals surface area (Å²) in [6, 6.07) is 14.2. The van der Waals surface area contributed by atoms with Crippen LogP contribution in [0.15, 0.2) is 48.5 Å².